The van der Waals surface area contributed by atoms with Gasteiger partial charge in [0.05, 0.1) is 11.7 Å². The highest BCUT2D eigenvalue weighted by Crippen LogP contribution is 2.27. The Hall–Kier alpha value is -4.14. The number of hydrogen-bond acceptors (Lipinski definition) is 5. The third kappa shape index (κ3) is 2.55. The molecule has 0 atom stereocenters. The molecule has 1 aliphatic heterocycles. The van der Waals surface area contributed by atoms with Crippen molar-refractivity contribution >= 4 is 27.7 Å². The van der Waals surface area contributed by atoms with E-state index in [0.29, 0.717) is 18.8 Å². The first kappa shape index (κ1) is 17.9. The van der Waals surface area contributed by atoms with Crippen LogP contribution in [0.3, 0.4) is 0 Å². The molecule has 0 spiro atoms. The van der Waals surface area contributed by atoms with Crippen LogP contribution >= 0.6 is 0 Å². The van der Waals surface area contributed by atoms with Gasteiger partial charge in [0.1, 0.15) is 12.1 Å². The number of aromatic amines is 1. The normalized spacial score (nSPS) is 14.2. The number of amides is 1. The first-order valence-electron chi connectivity index (χ1n) is 9.33. The molecule has 0 aliphatic carbocycles. The number of phenolic OH excluding ortho intramolecular Hbond substituents is 1. The number of nitrogens with one attached hydrogen (secondary N) is 1. The van der Waals surface area contributed by atoms with Gasteiger partial charge in [-0.1, -0.05) is 30.8 Å². The van der Waals surface area contributed by atoms with Gasteiger partial charge in [0.2, 0.25) is 5.91 Å². The zero-order valence-corrected chi connectivity index (χ0v) is 15.8. The molecule has 0 saturated carbocycles. The SMILES string of the molecule is C=CC(=O)N1CC(n2[nH]c3ncn(-c4cc(O)cc5ccccc45)c(=O)c3c2=O)C1. The van der Waals surface area contributed by atoms with Crippen LogP contribution in [0.1, 0.15) is 6.04 Å². The molecule has 30 heavy (non-hydrogen) atoms. The van der Waals surface area contributed by atoms with Gasteiger partial charge in [-0.3, -0.25) is 24.0 Å². The van der Waals surface area contributed by atoms with E-state index in [1.54, 1.807) is 11.0 Å². The minimum Gasteiger partial charge on any atom is -0.508 e. The summed E-state index contributed by atoms with van der Waals surface area (Å²) in [5.41, 5.74) is -0.408. The van der Waals surface area contributed by atoms with Crippen molar-refractivity contribution in [3.05, 3.63) is 76.1 Å². The highest BCUT2D eigenvalue weighted by atomic mass is 16.3. The zero-order chi connectivity index (χ0) is 21.0. The standard InChI is InChI=1S/C21H17N5O4/c1-2-17(28)24-9-13(10-24)26-21(30)18-19(23-26)22-11-25(20(18)29)16-8-14(27)7-12-5-3-4-6-15(12)16/h2-8,11,13,23,27H,1,9-10H2. The average molecular weight is 403 g/mol. The Kier molecular flexibility index (Phi) is 3.85. The third-order valence-corrected chi connectivity index (χ3v) is 5.43. The van der Waals surface area contributed by atoms with E-state index in [4.69, 9.17) is 0 Å². The van der Waals surface area contributed by atoms with Gasteiger partial charge < -0.3 is 10.0 Å². The van der Waals surface area contributed by atoms with Gasteiger partial charge in [-0.2, -0.15) is 0 Å². The fourth-order valence-electron chi connectivity index (χ4n) is 3.85. The number of H-pyrrole nitrogens is 1. The predicted octanol–water partition coefficient (Wildman–Crippen LogP) is 1.30. The molecule has 150 valence electrons. The smallest absolute Gasteiger partial charge is 0.282 e. The quantitative estimate of drug-likeness (QED) is 0.501. The molecule has 1 saturated heterocycles. The van der Waals surface area contributed by atoms with Gasteiger partial charge in [0, 0.05) is 24.5 Å². The van der Waals surface area contributed by atoms with Gasteiger partial charge in [0.25, 0.3) is 11.1 Å². The Balaban J connectivity index is 1.64. The van der Waals surface area contributed by atoms with E-state index in [9.17, 15) is 19.5 Å². The van der Waals surface area contributed by atoms with E-state index in [1.807, 2.05) is 24.3 Å². The number of carbonyl (C=O) groups excluding carboxylic acids is 1. The van der Waals surface area contributed by atoms with Crippen LogP contribution in [-0.2, 0) is 4.79 Å². The number of carbonyl (C=O) groups is 1. The molecule has 1 amide bonds. The van der Waals surface area contributed by atoms with Crippen LogP contribution in [0.2, 0.25) is 0 Å². The lowest BCUT2D eigenvalue weighted by atomic mass is 10.1. The van der Waals surface area contributed by atoms with Gasteiger partial charge >= 0.3 is 0 Å². The van der Waals surface area contributed by atoms with Crippen LogP contribution in [0.15, 0.2) is 65.0 Å². The Labute approximate surface area is 169 Å². The molecule has 9 nitrogen and oxygen atoms in total. The molecule has 2 N–H and O–H groups in total. The summed E-state index contributed by atoms with van der Waals surface area (Å²) in [7, 11) is 0. The molecule has 4 aromatic rings. The highest BCUT2D eigenvalue weighted by molar-refractivity contribution is 5.92. The Morgan fingerprint density at radius 1 is 1.20 bits per heavy atom. The number of benzene rings is 2. The van der Waals surface area contributed by atoms with Crippen molar-refractivity contribution in [2.45, 2.75) is 6.04 Å². The van der Waals surface area contributed by atoms with E-state index < -0.39 is 11.1 Å². The number of aromatic nitrogens is 4. The van der Waals surface area contributed by atoms with Crippen molar-refractivity contribution in [1.29, 1.82) is 0 Å². The van der Waals surface area contributed by atoms with Gasteiger partial charge in [-0.15, -0.1) is 0 Å². The van der Waals surface area contributed by atoms with E-state index in [0.717, 1.165) is 10.8 Å². The largest absolute Gasteiger partial charge is 0.508 e. The number of phenols is 1. The summed E-state index contributed by atoms with van der Waals surface area (Å²) >= 11 is 0. The van der Waals surface area contributed by atoms with Gasteiger partial charge in [-0.05, 0) is 17.5 Å². The number of aromatic hydroxyl groups is 1. The summed E-state index contributed by atoms with van der Waals surface area (Å²) in [5.74, 6) is -0.199. The van der Waals surface area contributed by atoms with Gasteiger partial charge in [-0.25, -0.2) is 9.67 Å². The molecule has 1 fully saturated rings. The molecule has 0 unspecified atom stereocenters. The molecule has 3 heterocycles. The Morgan fingerprint density at radius 3 is 2.73 bits per heavy atom. The third-order valence-electron chi connectivity index (χ3n) is 5.43. The van der Waals surface area contributed by atoms with Crippen molar-refractivity contribution in [3.8, 4) is 11.4 Å². The molecule has 1 aliphatic rings. The fourth-order valence-corrected chi connectivity index (χ4v) is 3.85. The van der Waals surface area contributed by atoms with Crippen LogP contribution < -0.4 is 11.1 Å². The molecular formula is C21H17N5O4. The van der Waals surface area contributed by atoms with E-state index in [-0.39, 0.29) is 28.7 Å². The second-order valence-corrected chi connectivity index (χ2v) is 7.22. The molecule has 2 aromatic heterocycles. The topological polar surface area (TPSA) is 113 Å². The summed E-state index contributed by atoms with van der Waals surface area (Å²) in [4.78, 5) is 43.6. The maximum absolute atomic E-state index is 13.2. The van der Waals surface area contributed by atoms with Crippen LogP contribution in [0.5, 0.6) is 5.75 Å². The lowest BCUT2D eigenvalue weighted by Gasteiger charge is -2.38. The van der Waals surface area contributed by atoms with E-state index in [1.165, 1.54) is 27.7 Å². The Bertz CT molecular complexity index is 1460. The highest BCUT2D eigenvalue weighted by Gasteiger charge is 2.33. The van der Waals surface area contributed by atoms with E-state index >= 15 is 0 Å². The van der Waals surface area contributed by atoms with Crippen molar-refractivity contribution in [1.82, 2.24) is 24.2 Å². The molecule has 5 rings (SSSR count). The van der Waals surface area contributed by atoms with Crippen LogP contribution in [0.4, 0.5) is 0 Å². The lowest BCUT2D eigenvalue weighted by molar-refractivity contribution is -0.131. The molecule has 0 bridgehead atoms. The summed E-state index contributed by atoms with van der Waals surface area (Å²) in [5, 5.41) is 14.4. The minimum atomic E-state index is -0.533. The first-order valence-corrected chi connectivity index (χ1v) is 9.33. The second-order valence-electron chi connectivity index (χ2n) is 7.22. The Morgan fingerprint density at radius 2 is 1.97 bits per heavy atom. The van der Waals surface area contributed by atoms with Crippen molar-refractivity contribution in [2.75, 3.05) is 13.1 Å². The van der Waals surface area contributed by atoms with Crippen molar-refractivity contribution < 1.29 is 9.90 Å². The van der Waals surface area contributed by atoms with Crippen LogP contribution in [0.25, 0.3) is 27.5 Å². The van der Waals surface area contributed by atoms with Crippen LogP contribution in [-0.4, -0.2) is 48.3 Å². The number of nitrogens with zero attached hydrogens (tertiary/aromatic N) is 4. The van der Waals surface area contributed by atoms with Crippen molar-refractivity contribution in [3.63, 3.8) is 0 Å². The molecule has 2 aromatic carbocycles. The number of fused-ring (bicyclic) bond motifs is 2. The number of rotatable bonds is 3. The van der Waals surface area contributed by atoms with Crippen molar-refractivity contribution in [2.24, 2.45) is 0 Å². The summed E-state index contributed by atoms with van der Waals surface area (Å²) in [6, 6.07) is 10.1. The summed E-state index contributed by atoms with van der Waals surface area (Å²) < 4.78 is 2.61. The fraction of sp³-hybridized carbons (Fsp3) is 0.143. The molecular weight excluding hydrogens is 386 g/mol. The second kappa shape index (κ2) is 6.45. The number of hydrogen-bond donors (Lipinski definition) is 2. The summed E-state index contributed by atoms with van der Waals surface area (Å²) in [6.07, 6.45) is 2.56. The average Bonchev–Trinajstić information content (AvgIpc) is 3.03. The predicted molar refractivity (Wildman–Crippen MR) is 111 cm³/mol. The van der Waals surface area contributed by atoms with Crippen LogP contribution in [0, 0.1) is 0 Å². The monoisotopic (exact) mass is 403 g/mol. The molecule has 0 radical (unpaired) electrons. The summed E-state index contributed by atoms with van der Waals surface area (Å²) in [6.45, 7) is 4.15. The maximum atomic E-state index is 13.2. The minimum absolute atomic E-state index is 0.00335. The lowest BCUT2D eigenvalue weighted by Crippen LogP contribution is -2.52. The maximum Gasteiger partial charge on any atom is 0.282 e. The van der Waals surface area contributed by atoms with E-state index in [2.05, 4.69) is 16.7 Å². The first-order chi connectivity index (χ1) is 14.5. The van der Waals surface area contributed by atoms with Gasteiger partial charge in [0.15, 0.2) is 11.0 Å². The zero-order valence-electron chi connectivity index (χ0n) is 15.8. The number of likely N-dealkylation sites (tertiary alicyclic amines) is 1. The molecule has 9 heteroatoms.